The number of carbonyl (C=O) groups excluding carboxylic acids is 2. The molecule has 0 aromatic rings. The molecule has 0 aromatic heterocycles. The maximum atomic E-state index is 11.9. The molecule has 0 unspecified atom stereocenters. The Bertz CT molecular complexity index is 472. The van der Waals surface area contributed by atoms with Crippen molar-refractivity contribution in [3.05, 3.63) is 23.4 Å². The van der Waals surface area contributed by atoms with E-state index in [2.05, 4.69) is 17.6 Å². The van der Waals surface area contributed by atoms with E-state index in [1.807, 2.05) is 12.2 Å². The van der Waals surface area contributed by atoms with Crippen LogP contribution in [0.4, 0.5) is 0 Å². The number of nitrogens with one attached hydrogen (secondary N) is 2. The van der Waals surface area contributed by atoms with Gasteiger partial charge in [0.15, 0.2) is 0 Å². The first-order valence-electron chi connectivity index (χ1n) is 7.14. The van der Waals surface area contributed by atoms with Gasteiger partial charge < -0.3 is 16.4 Å². The topological polar surface area (TPSA) is 84.2 Å². The minimum absolute atomic E-state index is 0.0709. The van der Waals surface area contributed by atoms with Crippen molar-refractivity contribution in [1.29, 1.82) is 0 Å². The smallest absolute Gasteiger partial charge is 0.253 e. The summed E-state index contributed by atoms with van der Waals surface area (Å²) >= 11 is 0. The molecule has 0 bridgehead atoms. The van der Waals surface area contributed by atoms with Crippen LogP contribution in [0.15, 0.2) is 23.4 Å². The molecule has 2 amide bonds. The van der Waals surface area contributed by atoms with Crippen molar-refractivity contribution in [3.8, 4) is 0 Å². The summed E-state index contributed by atoms with van der Waals surface area (Å²) < 4.78 is 0. The van der Waals surface area contributed by atoms with Crippen LogP contribution in [0.3, 0.4) is 0 Å². The van der Waals surface area contributed by atoms with Crippen LogP contribution in [-0.4, -0.2) is 25.4 Å². The lowest BCUT2D eigenvalue weighted by atomic mass is 9.68. The van der Waals surface area contributed by atoms with Crippen LogP contribution < -0.4 is 16.4 Å². The maximum absolute atomic E-state index is 11.9. The first-order chi connectivity index (χ1) is 9.48. The van der Waals surface area contributed by atoms with E-state index >= 15 is 0 Å². The van der Waals surface area contributed by atoms with Gasteiger partial charge in [-0.15, -0.1) is 0 Å². The summed E-state index contributed by atoms with van der Waals surface area (Å²) in [4.78, 5) is 23.5. The van der Waals surface area contributed by atoms with Crippen LogP contribution in [0.25, 0.3) is 0 Å². The lowest BCUT2D eigenvalue weighted by Gasteiger charge is -2.38. The Labute approximate surface area is 119 Å². The highest BCUT2D eigenvalue weighted by molar-refractivity contribution is 5.98. The summed E-state index contributed by atoms with van der Waals surface area (Å²) in [6.07, 6.45) is 7.02. The standard InChI is InChI=1S/C15H23N3O2/c1-15(7-5-10(6-8-15)13(19)17-2)12(16)11-4-3-9-18-14(11)20/h3-4,10H,5-9,16H2,1-2H3,(H,17,19)(H,18,20). The molecule has 1 saturated carbocycles. The van der Waals surface area contributed by atoms with E-state index in [0.717, 1.165) is 25.7 Å². The van der Waals surface area contributed by atoms with Gasteiger partial charge in [-0.05, 0) is 31.8 Å². The lowest BCUT2D eigenvalue weighted by Crippen LogP contribution is -2.38. The largest absolute Gasteiger partial charge is 0.401 e. The summed E-state index contributed by atoms with van der Waals surface area (Å²) in [5, 5.41) is 5.48. The number of nitrogens with two attached hydrogens (primary N) is 1. The van der Waals surface area contributed by atoms with E-state index in [1.54, 1.807) is 7.05 Å². The van der Waals surface area contributed by atoms with Gasteiger partial charge in [0.1, 0.15) is 0 Å². The lowest BCUT2D eigenvalue weighted by molar-refractivity contribution is -0.126. The third kappa shape index (κ3) is 2.71. The highest BCUT2D eigenvalue weighted by atomic mass is 16.2. The highest BCUT2D eigenvalue weighted by Crippen LogP contribution is 2.43. The molecule has 1 aliphatic heterocycles. The molecular formula is C15H23N3O2. The van der Waals surface area contributed by atoms with Crippen molar-refractivity contribution in [2.75, 3.05) is 13.6 Å². The van der Waals surface area contributed by atoms with E-state index in [9.17, 15) is 9.59 Å². The van der Waals surface area contributed by atoms with E-state index < -0.39 is 0 Å². The first kappa shape index (κ1) is 14.6. The Balaban J connectivity index is 2.15. The van der Waals surface area contributed by atoms with Crippen molar-refractivity contribution in [1.82, 2.24) is 10.6 Å². The second-order valence-corrected chi connectivity index (χ2v) is 5.89. The van der Waals surface area contributed by atoms with Gasteiger partial charge in [-0.25, -0.2) is 0 Å². The second kappa shape index (κ2) is 5.69. The Morgan fingerprint density at radius 3 is 2.65 bits per heavy atom. The molecule has 0 atom stereocenters. The molecule has 1 fully saturated rings. The van der Waals surface area contributed by atoms with Gasteiger partial charge in [-0.3, -0.25) is 9.59 Å². The van der Waals surface area contributed by atoms with E-state index in [4.69, 9.17) is 5.73 Å². The van der Waals surface area contributed by atoms with Crippen molar-refractivity contribution >= 4 is 11.8 Å². The molecule has 0 saturated heterocycles. The minimum Gasteiger partial charge on any atom is -0.401 e. The molecule has 5 nitrogen and oxygen atoms in total. The zero-order valence-electron chi connectivity index (χ0n) is 12.2. The molecule has 2 aliphatic rings. The van der Waals surface area contributed by atoms with Crippen molar-refractivity contribution in [2.24, 2.45) is 17.1 Å². The Kier molecular flexibility index (Phi) is 4.16. The van der Waals surface area contributed by atoms with Crippen LogP contribution in [0.2, 0.25) is 0 Å². The number of carbonyl (C=O) groups is 2. The number of hydrogen-bond donors (Lipinski definition) is 3. The van der Waals surface area contributed by atoms with Crippen molar-refractivity contribution < 1.29 is 9.59 Å². The van der Waals surface area contributed by atoms with Gasteiger partial charge in [0.2, 0.25) is 5.91 Å². The number of amides is 2. The molecule has 5 heteroatoms. The second-order valence-electron chi connectivity index (χ2n) is 5.89. The number of hydrogen-bond acceptors (Lipinski definition) is 3. The normalized spacial score (nSPS) is 32.5. The number of allylic oxidation sites excluding steroid dienone is 1. The monoisotopic (exact) mass is 277 g/mol. The quantitative estimate of drug-likeness (QED) is 0.654. The number of rotatable bonds is 2. The van der Waals surface area contributed by atoms with Crippen LogP contribution >= 0.6 is 0 Å². The molecule has 4 N–H and O–H groups in total. The van der Waals surface area contributed by atoms with E-state index in [0.29, 0.717) is 17.8 Å². The third-order valence-electron chi connectivity index (χ3n) is 4.56. The third-order valence-corrected chi connectivity index (χ3v) is 4.56. The van der Waals surface area contributed by atoms with Crippen LogP contribution in [0, 0.1) is 11.3 Å². The molecule has 110 valence electrons. The predicted molar refractivity (Wildman–Crippen MR) is 77.5 cm³/mol. The molecule has 0 spiro atoms. The zero-order valence-corrected chi connectivity index (χ0v) is 12.2. The molecule has 2 rings (SSSR count). The fourth-order valence-electron chi connectivity index (χ4n) is 3.03. The average molecular weight is 277 g/mol. The maximum Gasteiger partial charge on any atom is 0.253 e. The average Bonchev–Trinajstić information content (AvgIpc) is 2.47. The Hall–Kier alpha value is -1.78. The Morgan fingerprint density at radius 1 is 1.45 bits per heavy atom. The molecule has 0 aromatic carbocycles. The van der Waals surface area contributed by atoms with Crippen LogP contribution in [0.5, 0.6) is 0 Å². The van der Waals surface area contributed by atoms with Gasteiger partial charge in [0, 0.05) is 30.6 Å². The van der Waals surface area contributed by atoms with Gasteiger partial charge in [-0.1, -0.05) is 13.0 Å². The molecule has 1 heterocycles. The van der Waals surface area contributed by atoms with E-state index in [1.165, 1.54) is 0 Å². The van der Waals surface area contributed by atoms with E-state index in [-0.39, 0.29) is 23.1 Å². The van der Waals surface area contributed by atoms with Gasteiger partial charge >= 0.3 is 0 Å². The molecular weight excluding hydrogens is 254 g/mol. The summed E-state index contributed by atoms with van der Waals surface area (Å²) in [5.74, 6) is 0.0785. The highest BCUT2D eigenvalue weighted by Gasteiger charge is 2.37. The fraction of sp³-hybridized carbons (Fsp3) is 0.600. The molecule has 1 aliphatic carbocycles. The van der Waals surface area contributed by atoms with Gasteiger partial charge in [0.25, 0.3) is 5.91 Å². The van der Waals surface area contributed by atoms with Crippen molar-refractivity contribution in [2.45, 2.75) is 32.6 Å². The molecule has 0 radical (unpaired) electrons. The summed E-state index contributed by atoms with van der Waals surface area (Å²) in [6, 6.07) is 0. The summed E-state index contributed by atoms with van der Waals surface area (Å²) in [5.41, 5.74) is 7.31. The summed E-state index contributed by atoms with van der Waals surface area (Å²) in [6.45, 7) is 2.65. The fourth-order valence-corrected chi connectivity index (χ4v) is 3.03. The Morgan fingerprint density at radius 2 is 2.10 bits per heavy atom. The van der Waals surface area contributed by atoms with Crippen LogP contribution in [0.1, 0.15) is 32.6 Å². The van der Waals surface area contributed by atoms with Gasteiger partial charge in [-0.2, -0.15) is 0 Å². The minimum atomic E-state index is -0.196. The summed E-state index contributed by atoms with van der Waals surface area (Å²) in [7, 11) is 1.67. The van der Waals surface area contributed by atoms with Crippen LogP contribution in [-0.2, 0) is 9.59 Å². The van der Waals surface area contributed by atoms with Gasteiger partial charge in [0.05, 0.1) is 5.57 Å². The first-order valence-corrected chi connectivity index (χ1v) is 7.14. The predicted octanol–water partition coefficient (Wildman–Crippen LogP) is 0.828. The van der Waals surface area contributed by atoms with Crippen molar-refractivity contribution in [3.63, 3.8) is 0 Å². The molecule has 20 heavy (non-hydrogen) atoms. The SMILES string of the molecule is CNC(=O)C1CCC(C)(C(N)=C2C=CCNC2=O)CC1. The zero-order chi connectivity index (χ0) is 14.8.